The van der Waals surface area contributed by atoms with E-state index in [4.69, 9.17) is 5.73 Å². The molecule has 5 nitrogen and oxygen atoms in total. The van der Waals surface area contributed by atoms with E-state index in [0.29, 0.717) is 6.54 Å². The maximum absolute atomic E-state index is 5.78. The van der Waals surface area contributed by atoms with Crippen LogP contribution in [0.15, 0.2) is 36.4 Å². The van der Waals surface area contributed by atoms with E-state index in [1.807, 2.05) is 43.3 Å². The summed E-state index contributed by atoms with van der Waals surface area (Å²) in [5.74, 6) is 1.82. The fourth-order valence-electron chi connectivity index (χ4n) is 2.37. The average molecular weight is 281 g/mol. The molecule has 0 atom stereocenters. The van der Waals surface area contributed by atoms with E-state index in [0.717, 1.165) is 34.8 Å². The Balaban J connectivity index is 1.94. The fourth-order valence-corrected chi connectivity index (χ4v) is 2.37. The van der Waals surface area contributed by atoms with Gasteiger partial charge in [-0.2, -0.15) is 0 Å². The summed E-state index contributed by atoms with van der Waals surface area (Å²) >= 11 is 0. The number of nitrogens with two attached hydrogens (primary N) is 1. The smallest absolute Gasteiger partial charge is 0.179 e. The predicted molar refractivity (Wildman–Crippen MR) is 85.4 cm³/mol. The number of benzene rings is 1. The van der Waals surface area contributed by atoms with Gasteiger partial charge in [0.15, 0.2) is 5.65 Å². The van der Waals surface area contributed by atoms with Crippen molar-refractivity contribution >= 4 is 17.0 Å². The highest BCUT2D eigenvalue weighted by atomic mass is 15.1. The van der Waals surface area contributed by atoms with E-state index in [2.05, 4.69) is 27.1 Å². The number of aromatic amines is 1. The lowest BCUT2D eigenvalue weighted by molar-refractivity contribution is 0.975. The number of hydrogen-bond acceptors (Lipinski definition) is 4. The van der Waals surface area contributed by atoms with Crippen molar-refractivity contribution in [2.24, 2.45) is 5.73 Å². The van der Waals surface area contributed by atoms with Crippen molar-refractivity contribution in [1.29, 1.82) is 0 Å². The molecule has 0 saturated carbocycles. The average Bonchev–Trinajstić information content (AvgIpc) is 2.89. The Hall–Kier alpha value is -2.40. The fraction of sp³-hybridized carbons (Fsp3) is 0.250. The maximum atomic E-state index is 5.78. The van der Waals surface area contributed by atoms with Crippen molar-refractivity contribution in [3.63, 3.8) is 0 Å². The molecule has 5 heteroatoms. The summed E-state index contributed by atoms with van der Waals surface area (Å²) in [4.78, 5) is 14.4. The van der Waals surface area contributed by atoms with E-state index in [9.17, 15) is 0 Å². The van der Waals surface area contributed by atoms with Crippen LogP contribution in [-0.4, -0.2) is 29.0 Å². The molecule has 3 rings (SSSR count). The molecule has 0 unspecified atom stereocenters. The van der Waals surface area contributed by atoms with Crippen LogP contribution in [0.5, 0.6) is 0 Å². The number of nitrogens with zero attached hydrogens (tertiary/aromatic N) is 3. The third-order valence-corrected chi connectivity index (χ3v) is 3.53. The van der Waals surface area contributed by atoms with Crippen LogP contribution in [0.3, 0.4) is 0 Å². The summed E-state index contributed by atoms with van der Waals surface area (Å²) in [6.07, 6.45) is 0.737. The molecule has 0 radical (unpaired) electrons. The van der Waals surface area contributed by atoms with Crippen LogP contribution in [-0.2, 0) is 13.0 Å². The molecule has 0 aliphatic rings. The Morgan fingerprint density at radius 2 is 1.81 bits per heavy atom. The second-order valence-corrected chi connectivity index (χ2v) is 5.27. The monoisotopic (exact) mass is 281 g/mol. The summed E-state index contributed by atoms with van der Waals surface area (Å²) < 4.78 is 0. The topological polar surface area (TPSA) is 70.8 Å². The van der Waals surface area contributed by atoms with Gasteiger partial charge in [0, 0.05) is 27.1 Å². The molecular formula is C16H19N5. The van der Waals surface area contributed by atoms with Crippen LogP contribution in [0.2, 0.25) is 0 Å². The highest BCUT2D eigenvalue weighted by molar-refractivity contribution is 5.73. The molecule has 2 heterocycles. The molecular weight excluding hydrogens is 262 g/mol. The molecule has 108 valence electrons. The quantitative estimate of drug-likeness (QED) is 0.768. The van der Waals surface area contributed by atoms with Gasteiger partial charge in [-0.25, -0.2) is 9.97 Å². The lowest BCUT2D eigenvalue weighted by Gasteiger charge is -2.09. The van der Waals surface area contributed by atoms with Crippen molar-refractivity contribution in [3.8, 4) is 0 Å². The minimum Gasteiger partial charge on any atom is -0.363 e. The van der Waals surface area contributed by atoms with Gasteiger partial charge in [0.2, 0.25) is 0 Å². The Labute approximate surface area is 123 Å². The van der Waals surface area contributed by atoms with Gasteiger partial charge >= 0.3 is 0 Å². The van der Waals surface area contributed by atoms with Crippen molar-refractivity contribution in [3.05, 3.63) is 53.3 Å². The summed E-state index contributed by atoms with van der Waals surface area (Å²) in [6.45, 7) is 0.541. The summed E-state index contributed by atoms with van der Waals surface area (Å²) in [6, 6.07) is 12.2. The van der Waals surface area contributed by atoms with Gasteiger partial charge in [-0.05, 0) is 23.3 Å². The second-order valence-electron chi connectivity index (χ2n) is 5.27. The Kier molecular flexibility index (Phi) is 3.58. The van der Waals surface area contributed by atoms with Crippen molar-refractivity contribution in [2.45, 2.75) is 13.0 Å². The van der Waals surface area contributed by atoms with Gasteiger partial charge in [0.25, 0.3) is 0 Å². The molecule has 0 spiro atoms. The highest BCUT2D eigenvalue weighted by Gasteiger charge is 2.08. The number of nitrogens with one attached hydrogen (secondary N) is 1. The van der Waals surface area contributed by atoms with Crippen molar-refractivity contribution < 1.29 is 0 Å². The number of aromatic nitrogens is 3. The number of pyridine rings is 1. The number of fused-ring (bicyclic) bond motifs is 1. The van der Waals surface area contributed by atoms with Gasteiger partial charge in [0.05, 0.1) is 5.52 Å². The molecule has 0 amide bonds. The lowest BCUT2D eigenvalue weighted by Crippen LogP contribution is -2.10. The minimum absolute atomic E-state index is 0.541. The van der Waals surface area contributed by atoms with Crippen LogP contribution in [0.4, 0.5) is 5.82 Å². The zero-order valence-corrected chi connectivity index (χ0v) is 12.3. The van der Waals surface area contributed by atoms with E-state index >= 15 is 0 Å². The van der Waals surface area contributed by atoms with Crippen LogP contribution in [0.25, 0.3) is 11.2 Å². The van der Waals surface area contributed by atoms with Crippen molar-refractivity contribution in [1.82, 2.24) is 15.0 Å². The second kappa shape index (κ2) is 5.54. The molecule has 3 aromatic rings. The van der Waals surface area contributed by atoms with Gasteiger partial charge < -0.3 is 15.6 Å². The number of rotatable bonds is 4. The number of imidazole rings is 1. The zero-order valence-electron chi connectivity index (χ0n) is 12.3. The first-order valence-corrected chi connectivity index (χ1v) is 6.97. The number of anilines is 1. The summed E-state index contributed by atoms with van der Waals surface area (Å²) in [5, 5.41) is 0. The van der Waals surface area contributed by atoms with Crippen LogP contribution in [0, 0.1) is 0 Å². The van der Waals surface area contributed by atoms with E-state index < -0.39 is 0 Å². The SMILES string of the molecule is CN(C)c1ccc2[nH]c(Cc3ccccc3CN)nc2n1. The van der Waals surface area contributed by atoms with Crippen LogP contribution >= 0.6 is 0 Å². The van der Waals surface area contributed by atoms with Gasteiger partial charge in [-0.1, -0.05) is 24.3 Å². The summed E-state index contributed by atoms with van der Waals surface area (Å²) in [7, 11) is 3.94. The van der Waals surface area contributed by atoms with Gasteiger partial charge in [-0.15, -0.1) is 0 Å². The van der Waals surface area contributed by atoms with Crippen LogP contribution in [0.1, 0.15) is 17.0 Å². The third kappa shape index (κ3) is 2.73. The number of H-pyrrole nitrogens is 1. The Morgan fingerprint density at radius 1 is 1.05 bits per heavy atom. The number of hydrogen-bond donors (Lipinski definition) is 2. The Morgan fingerprint density at radius 3 is 2.52 bits per heavy atom. The first-order valence-electron chi connectivity index (χ1n) is 6.97. The first kappa shape index (κ1) is 13.6. The van der Waals surface area contributed by atoms with Gasteiger partial charge in [0.1, 0.15) is 11.6 Å². The van der Waals surface area contributed by atoms with Crippen molar-refractivity contribution in [2.75, 3.05) is 19.0 Å². The van der Waals surface area contributed by atoms with E-state index in [1.54, 1.807) is 0 Å². The molecule has 1 aromatic carbocycles. The molecule has 0 aliphatic carbocycles. The summed E-state index contributed by atoms with van der Waals surface area (Å²) in [5.41, 5.74) is 9.85. The maximum Gasteiger partial charge on any atom is 0.179 e. The Bertz CT molecular complexity index is 760. The highest BCUT2D eigenvalue weighted by Crippen LogP contribution is 2.17. The third-order valence-electron chi connectivity index (χ3n) is 3.53. The van der Waals surface area contributed by atoms with E-state index in [1.165, 1.54) is 5.56 Å². The predicted octanol–water partition coefficient (Wildman–Crippen LogP) is 2.07. The standard InChI is InChI=1S/C16H19N5/c1-21(2)15-8-7-13-16(20-15)19-14(18-13)9-11-5-3-4-6-12(11)10-17/h3-8H,9-10,17H2,1-2H3,(H,18,19,20). The largest absolute Gasteiger partial charge is 0.363 e. The first-order chi connectivity index (χ1) is 10.2. The normalized spacial score (nSPS) is 11.0. The lowest BCUT2D eigenvalue weighted by atomic mass is 10.0. The molecule has 21 heavy (non-hydrogen) atoms. The van der Waals surface area contributed by atoms with E-state index in [-0.39, 0.29) is 0 Å². The molecule has 0 bridgehead atoms. The zero-order chi connectivity index (χ0) is 14.8. The van der Waals surface area contributed by atoms with Crippen LogP contribution < -0.4 is 10.6 Å². The molecule has 0 aliphatic heterocycles. The molecule has 2 aromatic heterocycles. The molecule has 0 fully saturated rings. The molecule has 0 saturated heterocycles. The molecule has 3 N–H and O–H groups in total. The van der Waals surface area contributed by atoms with Gasteiger partial charge in [-0.3, -0.25) is 0 Å². The minimum atomic E-state index is 0.541.